The summed E-state index contributed by atoms with van der Waals surface area (Å²) in [5.74, 6) is 2.63. The number of aliphatic hydroxyl groups excluding tert-OH is 1. The monoisotopic (exact) mass is 314 g/mol. The molecule has 3 fully saturated rings. The van der Waals surface area contributed by atoms with Gasteiger partial charge in [-0.2, -0.15) is 0 Å². The molecule has 2 unspecified atom stereocenters. The van der Waals surface area contributed by atoms with Crippen LogP contribution in [0.25, 0.3) is 0 Å². The Bertz CT molecular complexity index is 576. The maximum Gasteiger partial charge on any atom is 0.139 e. The standard InChI is InChI=1S/C21H30O2/c1-4-13-11-14-12-15(22)7-9-20(14,2)17-8-10-21(3)16(19(13)17)5-6-18(21)23/h4,11,13,15-17,19,22H,1,5-10,12H2,2-3H3/t13?,15?,16-,17+,19-,20-,21-/m0/s1. The molecule has 4 aliphatic carbocycles. The van der Waals surface area contributed by atoms with E-state index in [2.05, 4.69) is 32.6 Å². The lowest BCUT2D eigenvalue weighted by Crippen LogP contribution is -2.52. The molecule has 4 aliphatic rings. The fraction of sp³-hybridized carbons (Fsp3) is 0.762. The Balaban J connectivity index is 1.78. The van der Waals surface area contributed by atoms with E-state index in [1.165, 1.54) is 5.57 Å². The largest absolute Gasteiger partial charge is 0.393 e. The molecule has 0 amide bonds. The number of carbonyl (C=O) groups is 1. The maximum absolute atomic E-state index is 12.5. The molecular weight excluding hydrogens is 284 g/mol. The number of fused-ring (bicyclic) bond motifs is 5. The Labute approximate surface area is 140 Å². The van der Waals surface area contributed by atoms with Crippen molar-refractivity contribution in [3.05, 3.63) is 24.3 Å². The zero-order valence-electron chi connectivity index (χ0n) is 14.6. The van der Waals surface area contributed by atoms with Gasteiger partial charge in [-0.15, -0.1) is 6.58 Å². The predicted molar refractivity (Wildman–Crippen MR) is 91.8 cm³/mol. The molecule has 3 saturated carbocycles. The lowest BCUT2D eigenvalue weighted by Gasteiger charge is -2.58. The first-order valence-corrected chi connectivity index (χ1v) is 9.45. The van der Waals surface area contributed by atoms with Gasteiger partial charge in [-0.3, -0.25) is 4.79 Å². The van der Waals surface area contributed by atoms with Gasteiger partial charge in [0.15, 0.2) is 0 Å². The summed E-state index contributed by atoms with van der Waals surface area (Å²) in [6, 6.07) is 0. The Morgan fingerprint density at radius 2 is 1.87 bits per heavy atom. The fourth-order valence-electron chi connectivity index (χ4n) is 6.71. The number of carbonyl (C=O) groups excluding carboxylic acids is 1. The molecule has 0 aromatic carbocycles. The van der Waals surface area contributed by atoms with Crippen LogP contribution < -0.4 is 0 Å². The summed E-state index contributed by atoms with van der Waals surface area (Å²) in [5, 5.41) is 10.1. The van der Waals surface area contributed by atoms with Crippen molar-refractivity contribution in [1.82, 2.24) is 0 Å². The Kier molecular flexibility index (Phi) is 3.43. The average Bonchev–Trinajstić information content (AvgIpc) is 2.83. The third kappa shape index (κ3) is 2.00. The van der Waals surface area contributed by atoms with E-state index >= 15 is 0 Å². The smallest absolute Gasteiger partial charge is 0.139 e. The molecule has 4 rings (SSSR count). The average molecular weight is 314 g/mol. The number of hydrogen-bond acceptors (Lipinski definition) is 2. The number of Topliss-reactive ketones (excluding diaryl/α,β-unsaturated/α-hetero) is 1. The van der Waals surface area contributed by atoms with Crippen LogP contribution in [0.5, 0.6) is 0 Å². The lowest BCUT2D eigenvalue weighted by molar-refractivity contribution is -0.132. The van der Waals surface area contributed by atoms with Crippen LogP contribution in [0.4, 0.5) is 0 Å². The van der Waals surface area contributed by atoms with Crippen molar-refractivity contribution in [2.75, 3.05) is 0 Å². The van der Waals surface area contributed by atoms with E-state index in [1.54, 1.807) is 0 Å². The second-order valence-corrected chi connectivity index (χ2v) is 9.03. The van der Waals surface area contributed by atoms with Crippen LogP contribution in [-0.4, -0.2) is 17.0 Å². The highest BCUT2D eigenvalue weighted by atomic mass is 16.3. The van der Waals surface area contributed by atoms with Crippen LogP contribution in [0.3, 0.4) is 0 Å². The predicted octanol–water partition coefficient (Wildman–Crippen LogP) is 4.29. The Morgan fingerprint density at radius 3 is 2.61 bits per heavy atom. The van der Waals surface area contributed by atoms with Gasteiger partial charge in [-0.1, -0.05) is 31.6 Å². The molecule has 0 heterocycles. The lowest BCUT2D eigenvalue weighted by atomic mass is 9.46. The molecule has 0 aliphatic heterocycles. The van der Waals surface area contributed by atoms with Crippen molar-refractivity contribution in [2.45, 2.75) is 64.9 Å². The van der Waals surface area contributed by atoms with Crippen molar-refractivity contribution >= 4 is 5.78 Å². The van der Waals surface area contributed by atoms with Gasteiger partial charge in [0.2, 0.25) is 0 Å². The quantitative estimate of drug-likeness (QED) is 0.733. The fourth-order valence-corrected chi connectivity index (χ4v) is 6.71. The van der Waals surface area contributed by atoms with Crippen LogP contribution in [-0.2, 0) is 4.79 Å². The summed E-state index contributed by atoms with van der Waals surface area (Å²) in [4.78, 5) is 12.5. The second-order valence-electron chi connectivity index (χ2n) is 9.03. The Hall–Kier alpha value is -0.890. The van der Waals surface area contributed by atoms with Crippen molar-refractivity contribution in [3.8, 4) is 0 Å². The first kappa shape index (κ1) is 15.6. The molecule has 7 atom stereocenters. The van der Waals surface area contributed by atoms with Gasteiger partial charge in [-0.25, -0.2) is 0 Å². The van der Waals surface area contributed by atoms with Crippen molar-refractivity contribution in [2.24, 2.45) is 34.5 Å². The molecule has 0 aromatic rings. The van der Waals surface area contributed by atoms with Gasteiger partial charge in [-0.05, 0) is 67.6 Å². The van der Waals surface area contributed by atoms with E-state index in [9.17, 15) is 9.90 Å². The third-order valence-electron chi connectivity index (χ3n) is 8.16. The molecule has 126 valence electrons. The van der Waals surface area contributed by atoms with Crippen molar-refractivity contribution < 1.29 is 9.90 Å². The van der Waals surface area contributed by atoms with E-state index in [0.29, 0.717) is 29.5 Å². The molecule has 0 bridgehead atoms. The molecule has 1 N–H and O–H groups in total. The number of hydrogen-bond donors (Lipinski definition) is 1. The molecule has 0 spiro atoms. The number of aliphatic hydroxyl groups is 1. The zero-order valence-corrected chi connectivity index (χ0v) is 14.6. The summed E-state index contributed by atoms with van der Waals surface area (Å²) in [7, 11) is 0. The number of allylic oxidation sites excluding steroid dienone is 2. The van der Waals surface area contributed by atoms with E-state index in [-0.39, 0.29) is 16.9 Å². The first-order chi connectivity index (χ1) is 10.9. The summed E-state index contributed by atoms with van der Waals surface area (Å²) >= 11 is 0. The normalized spacial score (nSPS) is 52.2. The molecule has 2 heteroatoms. The number of ketones is 1. The molecular formula is C21H30O2. The summed E-state index contributed by atoms with van der Waals surface area (Å²) in [6.45, 7) is 8.78. The van der Waals surface area contributed by atoms with E-state index in [0.717, 1.165) is 44.9 Å². The molecule has 0 aromatic heterocycles. The third-order valence-corrected chi connectivity index (χ3v) is 8.16. The highest BCUT2D eigenvalue weighted by Gasteiger charge is 2.60. The van der Waals surface area contributed by atoms with Gasteiger partial charge in [0, 0.05) is 11.8 Å². The minimum Gasteiger partial charge on any atom is -0.393 e. The highest BCUT2D eigenvalue weighted by molar-refractivity contribution is 5.87. The van der Waals surface area contributed by atoms with Crippen molar-refractivity contribution in [1.29, 1.82) is 0 Å². The van der Waals surface area contributed by atoms with Gasteiger partial charge in [0.25, 0.3) is 0 Å². The summed E-state index contributed by atoms with van der Waals surface area (Å²) in [5.41, 5.74) is 1.62. The first-order valence-electron chi connectivity index (χ1n) is 9.45. The van der Waals surface area contributed by atoms with Crippen LogP contribution in [0.1, 0.15) is 58.8 Å². The SMILES string of the molecule is C=CC1C=C2CC(O)CC[C@]2(C)[C@@H]2CC[C@]3(C)C(=O)CC[C@H]3[C@H]12. The van der Waals surface area contributed by atoms with E-state index in [1.807, 2.05) is 0 Å². The highest BCUT2D eigenvalue weighted by Crippen LogP contribution is 2.65. The molecule has 23 heavy (non-hydrogen) atoms. The minimum absolute atomic E-state index is 0.0850. The molecule has 0 radical (unpaired) electrons. The molecule has 2 nitrogen and oxygen atoms in total. The van der Waals surface area contributed by atoms with Gasteiger partial charge >= 0.3 is 0 Å². The van der Waals surface area contributed by atoms with E-state index in [4.69, 9.17) is 0 Å². The van der Waals surface area contributed by atoms with E-state index < -0.39 is 0 Å². The number of rotatable bonds is 1. The zero-order chi connectivity index (χ0) is 16.4. The van der Waals surface area contributed by atoms with Gasteiger partial charge < -0.3 is 5.11 Å². The van der Waals surface area contributed by atoms with Crippen LogP contribution >= 0.6 is 0 Å². The minimum atomic E-state index is -0.168. The topological polar surface area (TPSA) is 37.3 Å². The second kappa shape index (κ2) is 5.05. The van der Waals surface area contributed by atoms with Crippen LogP contribution in [0, 0.1) is 34.5 Å². The maximum atomic E-state index is 12.5. The molecule has 0 saturated heterocycles. The van der Waals surface area contributed by atoms with Crippen LogP contribution in [0.15, 0.2) is 24.3 Å². The van der Waals surface area contributed by atoms with Crippen molar-refractivity contribution in [3.63, 3.8) is 0 Å². The summed E-state index contributed by atoms with van der Waals surface area (Å²) in [6.07, 6.45) is 11.3. The van der Waals surface area contributed by atoms with Gasteiger partial charge in [0.1, 0.15) is 5.78 Å². The Morgan fingerprint density at radius 1 is 1.17 bits per heavy atom. The summed E-state index contributed by atoms with van der Waals surface area (Å²) < 4.78 is 0. The van der Waals surface area contributed by atoms with Gasteiger partial charge in [0.05, 0.1) is 6.10 Å². The van der Waals surface area contributed by atoms with Crippen LogP contribution in [0.2, 0.25) is 0 Å².